The Morgan fingerprint density at radius 3 is 2.24 bits per heavy atom. The maximum Gasteiger partial charge on any atom is 0.355 e. The number of nitrogens with one attached hydrogen (secondary N) is 2. The van der Waals surface area contributed by atoms with Crippen LogP contribution in [0.15, 0.2) is 0 Å². The quantitative estimate of drug-likeness (QED) is 0.380. The van der Waals surface area contributed by atoms with Crippen LogP contribution in [0.1, 0.15) is 86.0 Å². The van der Waals surface area contributed by atoms with Gasteiger partial charge in [0, 0.05) is 31.3 Å². The second-order valence-corrected chi connectivity index (χ2v) is 15.4. The van der Waals surface area contributed by atoms with E-state index in [0.29, 0.717) is 18.9 Å². The van der Waals surface area contributed by atoms with Crippen molar-refractivity contribution in [2.75, 3.05) is 20.1 Å². The number of likely N-dealkylation sites (N-methyl/N-ethyl adjacent to an activating group) is 1. The molecule has 3 fully saturated rings. The zero-order chi connectivity index (χ0) is 27.8. The summed E-state index contributed by atoms with van der Waals surface area (Å²) < 4.78 is -1.16. The summed E-state index contributed by atoms with van der Waals surface area (Å²) in [7, 11) is -1.55. The fraction of sp³-hybridized carbons (Fsp3) is 0.808. The Labute approximate surface area is 221 Å². The van der Waals surface area contributed by atoms with Crippen LogP contribution in [0.25, 0.3) is 0 Å². The van der Waals surface area contributed by atoms with Crippen LogP contribution in [0.3, 0.4) is 0 Å². The monoisotopic (exact) mass is 540 g/mol. The van der Waals surface area contributed by atoms with Gasteiger partial charge in [-0.1, -0.05) is 42.6 Å². The molecule has 0 aromatic carbocycles. The first-order chi connectivity index (χ1) is 17.2. The van der Waals surface area contributed by atoms with Gasteiger partial charge < -0.3 is 15.3 Å². The molecule has 37 heavy (non-hydrogen) atoms. The zero-order valence-corrected chi connectivity index (χ0v) is 23.9. The number of rotatable bonds is 9. The molecule has 0 spiro atoms. The minimum absolute atomic E-state index is 0.0274. The normalized spacial score (nSPS) is 31.0. The average Bonchev–Trinajstić information content (AvgIpc) is 3.47. The van der Waals surface area contributed by atoms with Crippen LogP contribution in [0.2, 0.25) is 0 Å². The van der Waals surface area contributed by atoms with Crippen LogP contribution < -0.4 is 10.6 Å². The highest BCUT2D eigenvalue weighted by Crippen LogP contribution is 2.69. The van der Waals surface area contributed by atoms with Crippen molar-refractivity contribution in [2.45, 2.75) is 108 Å². The van der Waals surface area contributed by atoms with E-state index in [2.05, 4.69) is 10.6 Å². The van der Waals surface area contributed by atoms with Crippen LogP contribution in [0.4, 0.5) is 9.59 Å². The maximum atomic E-state index is 14.0. The molecule has 11 heteroatoms. The van der Waals surface area contributed by atoms with Gasteiger partial charge in [0.2, 0.25) is 5.91 Å². The van der Waals surface area contributed by atoms with Gasteiger partial charge in [-0.25, -0.2) is 9.59 Å². The third kappa shape index (κ3) is 4.89. The molecule has 0 aromatic rings. The smallest absolute Gasteiger partial charge is 0.355 e. The number of amides is 4. The van der Waals surface area contributed by atoms with E-state index in [1.807, 2.05) is 6.92 Å². The Kier molecular flexibility index (Phi) is 8.68. The Balaban J connectivity index is 1.94. The molecular formula is C26H44N4O6S. The van der Waals surface area contributed by atoms with E-state index in [0.717, 1.165) is 37.0 Å². The largest absolute Gasteiger partial charge is 0.474 e. The lowest BCUT2D eigenvalue weighted by Gasteiger charge is -2.45. The molecule has 2 heterocycles. The molecule has 1 aliphatic carbocycles. The van der Waals surface area contributed by atoms with E-state index < -0.39 is 43.1 Å². The van der Waals surface area contributed by atoms with Crippen molar-refractivity contribution in [3.05, 3.63) is 0 Å². The summed E-state index contributed by atoms with van der Waals surface area (Å²) in [6, 6.07) is -1.33. The number of nitrogens with zero attached hydrogens (tertiary/aromatic N) is 2. The van der Waals surface area contributed by atoms with Gasteiger partial charge in [0.1, 0.15) is 11.6 Å². The Morgan fingerprint density at radius 2 is 1.73 bits per heavy atom. The van der Waals surface area contributed by atoms with Crippen molar-refractivity contribution < 1.29 is 29.1 Å². The van der Waals surface area contributed by atoms with Crippen molar-refractivity contribution in [3.63, 3.8) is 0 Å². The number of urea groups is 1. The summed E-state index contributed by atoms with van der Waals surface area (Å²) in [5.41, 5.74) is -1.00. The lowest BCUT2D eigenvalue weighted by atomic mass is 10.0. The highest BCUT2D eigenvalue weighted by Gasteiger charge is 2.66. The predicted octanol–water partition coefficient (Wildman–Crippen LogP) is 3.63. The number of carboxylic acid groups (broad SMARTS) is 1. The van der Waals surface area contributed by atoms with Crippen LogP contribution in [-0.2, 0) is 14.4 Å². The van der Waals surface area contributed by atoms with Crippen molar-refractivity contribution in [1.82, 2.24) is 20.4 Å². The fourth-order valence-corrected chi connectivity index (χ4v) is 10.5. The molecule has 1 saturated carbocycles. The van der Waals surface area contributed by atoms with Crippen molar-refractivity contribution in [3.8, 4) is 0 Å². The Bertz CT molecular complexity index is 947. The summed E-state index contributed by atoms with van der Waals surface area (Å²) in [6.45, 7) is 9.08. The molecule has 3 aliphatic rings. The van der Waals surface area contributed by atoms with E-state index >= 15 is 0 Å². The molecule has 210 valence electrons. The molecular weight excluding hydrogens is 496 g/mol. The van der Waals surface area contributed by atoms with Crippen LogP contribution in [-0.4, -0.2) is 85.0 Å². The van der Waals surface area contributed by atoms with Crippen molar-refractivity contribution in [2.24, 2.45) is 5.92 Å². The van der Waals surface area contributed by atoms with Gasteiger partial charge >= 0.3 is 11.3 Å². The van der Waals surface area contributed by atoms with Gasteiger partial charge in [0.25, 0.3) is 5.91 Å². The fourth-order valence-electron chi connectivity index (χ4n) is 6.15. The molecule has 2 unspecified atom stereocenters. The topological polar surface area (TPSA) is 136 Å². The van der Waals surface area contributed by atoms with Gasteiger partial charge in [-0.05, 0) is 52.9 Å². The zero-order valence-electron chi connectivity index (χ0n) is 23.1. The molecule has 0 aromatic heterocycles. The Hall–Kier alpha value is -2.14. The van der Waals surface area contributed by atoms with Crippen molar-refractivity contribution >= 4 is 38.3 Å². The van der Waals surface area contributed by atoms with E-state index in [4.69, 9.17) is 0 Å². The first kappa shape index (κ1) is 29.4. The van der Waals surface area contributed by atoms with E-state index in [9.17, 15) is 29.1 Å². The van der Waals surface area contributed by atoms with Gasteiger partial charge in [0.05, 0.1) is 5.37 Å². The van der Waals surface area contributed by atoms with Crippen LogP contribution >= 0.6 is 10.0 Å². The summed E-state index contributed by atoms with van der Waals surface area (Å²) in [5, 5.41) is 14.4. The maximum absolute atomic E-state index is 14.0. The van der Waals surface area contributed by atoms with Gasteiger partial charge in [-0.15, -0.1) is 0 Å². The third-order valence-corrected chi connectivity index (χ3v) is 13.3. The lowest BCUT2D eigenvalue weighted by molar-refractivity contribution is -0.131. The summed E-state index contributed by atoms with van der Waals surface area (Å²) in [6.07, 6.45) is 5.99. The highest BCUT2D eigenvalue weighted by molar-refractivity contribution is 8.56. The second-order valence-electron chi connectivity index (χ2n) is 11.6. The lowest BCUT2D eigenvalue weighted by Crippen LogP contribution is -2.52. The van der Waals surface area contributed by atoms with Gasteiger partial charge in [-0.3, -0.25) is 24.6 Å². The van der Waals surface area contributed by atoms with E-state index in [1.165, 1.54) is 4.90 Å². The van der Waals surface area contributed by atoms with Gasteiger partial charge in [-0.2, -0.15) is 0 Å². The molecule has 4 amide bonds. The molecule has 3 rings (SSSR count). The number of carbonyl (C=O) groups excluding carboxylic acids is 4. The third-order valence-electron chi connectivity index (χ3n) is 8.72. The summed E-state index contributed by atoms with van der Waals surface area (Å²) in [5.74, 6) is -0.269. The first-order valence-corrected chi connectivity index (χ1v) is 15.1. The molecule has 0 bridgehead atoms. The molecule has 0 radical (unpaired) electrons. The molecule has 3 N–H and O–H groups in total. The van der Waals surface area contributed by atoms with Gasteiger partial charge in [0.15, 0.2) is 5.12 Å². The minimum Gasteiger partial charge on any atom is -0.474 e. The molecule has 2 saturated heterocycles. The first-order valence-electron chi connectivity index (χ1n) is 13.5. The van der Waals surface area contributed by atoms with Crippen LogP contribution in [0, 0.1) is 5.92 Å². The van der Waals surface area contributed by atoms with Crippen molar-refractivity contribution in [1.29, 1.82) is 0 Å². The summed E-state index contributed by atoms with van der Waals surface area (Å²) >= 11 is 0. The SMILES string of the molecule is CCCNC(=O)[C@H]1NC(CCN2C(=O)N(C)C(C)(C)C2=O)S(C(=O)O)(C(=O)CCC2CCCC2)C1(C)C. The average molecular weight is 541 g/mol. The Morgan fingerprint density at radius 1 is 1.11 bits per heavy atom. The molecule has 3 atom stereocenters. The highest BCUT2D eigenvalue weighted by atomic mass is 32.3. The molecule has 10 nitrogen and oxygen atoms in total. The minimum atomic E-state index is -3.11. The number of carbonyl (C=O) groups is 5. The predicted molar refractivity (Wildman–Crippen MR) is 143 cm³/mol. The summed E-state index contributed by atoms with van der Waals surface area (Å²) in [4.78, 5) is 68.5. The number of hydrogen-bond donors (Lipinski definition) is 3. The molecule has 2 aliphatic heterocycles. The number of hydrogen-bond acceptors (Lipinski definition) is 6. The number of imide groups is 1. The van der Waals surface area contributed by atoms with E-state index in [1.54, 1.807) is 34.7 Å². The standard InChI is InChI=1S/C26H44N4O6S/c1-7-15-27-21(32)20-26(4,5)37(24(35)36,19(31)13-12-17-10-8-9-11-17)18(28-20)14-16-30-22(33)25(2,3)29(6)23(30)34/h17-18,20,28H,7-16H2,1-6H3,(H,27,32)(H,35,36)/t18?,20-/m1/s1. The van der Waals surface area contributed by atoms with E-state index in [-0.39, 0.29) is 36.3 Å². The van der Waals surface area contributed by atoms with Crippen LogP contribution in [0.5, 0.6) is 0 Å². The second kappa shape index (κ2) is 10.9.